The third-order valence-corrected chi connectivity index (χ3v) is 3.43. The van der Waals surface area contributed by atoms with Gasteiger partial charge in [-0.3, -0.25) is 10.2 Å². The Morgan fingerprint density at radius 3 is 2.30 bits per heavy atom. The Morgan fingerprint density at radius 1 is 1.20 bits per heavy atom. The lowest BCUT2D eigenvalue weighted by Crippen LogP contribution is -2.30. The van der Waals surface area contributed by atoms with Gasteiger partial charge in [0.25, 0.3) is 5.91 Å². The van der Waals surface area contributed by atoms with E-state index in [9.17, 15) is 4.79 Å². The van der Waals surface area contributed by atoms with Crippen molar-refractivity contribution in [1.29, 1.82) is 0 Å². The minimum atomic E-state index is -0.269. The lowest BCUT2D eigenvalue weighted by atomic mass is 10.2. The number of carbonyl (C=O) groups is 1. The molecule has 1 heterocycles. The van der Waals surface area contributed by atoms with Crippen LogP contribution in [0.2, 0.25) is 0 Å². The van der Waals surface area contributed by atoms with Crippen molar-refractivity contribution in [3.05, 3.63) is 47.3 Å². The maximum atomic E-state index is 11.7. The number of benzene rings is 1. The number of nitrogens with one attached hydrogen (secondary N) is 1. The second-order valence-corrected chi connectivity index (χ2v) is 5.00. The number of anilines is 1. The van der Waals surface area contributed by atoms with E-state index >= 15 is 0 Å². The van der Waals surface area contributed by atoms with Crippen LogP contribution in [-0.2, 0) is 0 Å². The lowest BCUT2D eigenvalue weighted by Gasteiger charge is -2.14. The molecule has 20 heavy (non-hydrogen) atoms. The first-order valence-electron chi connectivity index (χ1n) is 6.43. The number of nitrogens with zero attached hydrogens (tertiary/aromatic N) is 2. The molecular weight excluding hydrogens is 252 g/mol. The molecule has 0 atom stereocenters. The molecule has 3 N–H and O–H groups in total. The number of hydrogen-bond acceptors (Lipinski definition) is 3. The van der Waals surface area contributed by atoms with E-state index in [1.54, 1.807) is 0 Å². The normalized spacial score (nSPS) is 10.4. The first-order valence-corrected chi connectivity index (χ1v) is 6.43. The molecule has 1 aromatic carbocycles. The summed E-state index contributed by atoms with van der Waals surface area (Å²) in [5.74, 6) is 4.94. The van der Waals surface area contributed by atoms with Crippen molar-refractivity contribution in [2.75, 3.05) is 19.0 Å². The fraction of sp³-hybridized carbons (Fsp3) is 0.267. The van der Waals surface area contributed by atoms with Gasteiger partial charge in [0.1, 0.15) is 0 Å². The number of nitrogen functional groups attached to an aromatic ring is 1. The minimum absolute atomic E-state index is 0.269. The van der Waals surface area contributed by atoms with E-state index in [2.05, 4.69) is 17.6 Å². The molecular formula is C15H20N4O. The molecule has 2 rings (SSSR count). The van der Waals surface area contributed by atoms with E-state index in [1.807, 2.05) is 55.6 Å². The van der Waals surface area contributed by atoms with Crippen LogP contribution in [0.25, 0.3) is 5.69 Å². The SMILES string of the molecule is Cc1cc(C(=O)NN)c(C)n1-c1ccc(N(C)C)cc1. The molecule has 5 heteroatoms. The van der Waals surface area contributed by atoms with Crippen molar-refractivity contribution in [2.45, 2.75) is 13.8 Å². The van der Waals surface area contributed by atoms with E-state index in [0.717, 1.165) is 22.8 Å². The van der Waals surface area contributed by atoms with Gasteiger partial charge in [0.2, 0.25) is 0 Å². The van der Waals surface area contributed by atoms with Crippen molar-refractivity contribution in [2.24, 2.45) is 5.84 Å². The van der Waals surface area contributed by atoms with Crippen LogP contribution in [0.15, 0.2) is 30.3 Å². The quantitative estimate of drug-likeness (QED) is 0.508. The summed E-state index contributed by atoms with van der Waals surface area (Å²) in [6, 6.07) is 10.0. The van der Waals surface area contributed by atoms with Crippen LogP contribution in [0.4, 0.5) is 5.69 Å². The number of aromatic nitrogens is 1. The third kappa shape index (κ3) is 2.40. The molecule has 0 radical (unpaired) electrons. The van der Waals surface area contributed by atoms with Crippen LogP contribution in [0.3, 0.4) is 0 Å². The Kier molecular flexibility index (Phi) is 3.81. The van der Waals surface area contributed by atoms with Gasteiger partial charge in [0.05, 0.1) is 5.56 Å². The maximum absolute atomic E-state index is 11.7. The van der Waals surface area contributed by atoms with Gasteiger partial charge in [-0.05, 0) is 44.2 Å². The Bertz CT molecular complexity index is 626. The van der Waals surface area contributed by atoms with E-state index in [0.29, 0.717) is 5.56 Å². The Morgan fingerprint density at radius 2 is 1.80 bits per heavy atom. The topological polar surface area (TPSA) is 63.3 Å². The average Bonchev–Trinajstić information content (AvgIpc) is 2.73. The van der Waals surface area contributed by atoms with Crippen molar-refractivity contribution in [1.82, 2.24) is 9.99 Å². The second-order valence-electron chi connectivity index (χ2n) is 5.00. The molecule has 0 saturated carbocycles. The first kappa shape index (κ1) is 14.1. The number of carbonyl (C=O) groups excluding carboxylic acids is 1. The van der Waals surface area contributed by atoms with E-state index < -0.39 is 0 Å². The molecule has 1 amide bonds. The molecule has 2 aromatic rings. The molecule has 0 aliphatic rings. The number of rotatable bonds is 3. The smallest absolute Gasteiger partial charge is 0.267 e. The zero-order valence-corrected chi connectivity index (χ0v) is 12.3. The predicted molar refractivity (Wildman–Crippen MR) is 81.2 cm³/mol. The predicted octanol–water partition coefficient (Wildman–Crippen LogP) is 1.76. The van der Waals surface area contributed by atoms with Crippen molar-refractivity contribution in [3.63, 3.8) is 0 Å². The van der Waals surface area contributed by atoms with Crippen LogP contribution in [-0.4, -0.2) is 24.6 Å². The summed E-state index contributed by atoms with van der Waals surface area (Å²) < 4.78 is 2.05. The largest absolute Gasteiger partial charge is 0.378 e. The monoisotopic (exact) mass is 272 g/mol. The maximum Gasteiger partial charge on any atom is 0.267 e. The summed E-state index contributed by atoms with van der Waals surface area (Å²) in [5.41, 5.74) is 6.82. The molecule has 0 spiro atoms. The highest BCUT2D eigenvalue weighted by molar-refractivity contribution is 5.95. The van der Waals surface area contributed by atoms with Gasteiger partial charge in [-0.15, -0.1) is 0 Å². The number of hydrogen-bond donors (Lipinski definition) is 2. The van der Waals surface area contributed by atoms with Gasteiger partial charge in [0, 0.05) is 36.9 Å². The highest BCUT2D eigenvalue weighted by Gasteiger charge is 2.15. The molecule has 0 unspecified atom stereocenters. The highest BCUT2D eigenvalue weighted by atomic mass is 16.2. The third-order valence-electron chi connectivity index (χ3n) is 3.43. The second kappa shape index (κ2) is 5.38. The Balaban J connectivity index is 2.47. The van der Waals surface area contributed by atoms with Gasteiger partial charge in [-0.25, -0.2) is 5.84 Å². The summed E-state index contributed by atoms with van der Waals surface area (Å²) in [4.78, 5) is 13.8. The van der Waals surface area contributed by atoms with Gasteiger partial charge < -0.3 is 9.47 Å². The zero-order valence-electron chi connectivity index (χ0n) is 12.3. The van der Waals surface area contributed by atoms with Crippen molar-refractivity contribution >= 4 is 11.6 Å². The first-order chi connectivity index (χ1) is 9.45. The van der Waals surface area contributed by atoms with Gasteiger partial charge >= 0.3 is 0 Å². The highest BCUT2D eigenvalue weighted by Crippen LogP contribution is 2.22. The average molecular weight is 272 g/mol. The molecule has 0 bridgehead atoms. The number of hydrazine groups is 1. The molecule has 0 fully saturated rings. The zero-order chi connectivity index (χ0) is 14.9. The standard InChI is InChI=1S/C15H20N4O/c1-10-9-14(15(20)17-16)11(2)19(10)13-7-5-12(6-8-13)18(3)4/h5-9H,16H2,1-4H3,(H,17,20). The van der Waals surface area contributed by atoms with E-state index in [4.69, 9.17) is 5.84 Å². The van der Waals surface area contributed by atoms with Gasteiger partial charge in [0.15, 0.2) is 0 Å². The van der Waals surface area contributed by atoms with Crippen LogP contribution in [0.5, 0.6) is 0 Å². The summed E-state index contributed by atoms with van der Waals surface area (Å²) >= 11 is 0. The van der Waals surface area contributed by atoms with Crippen LogP contribution < -0.4 is 16.2 Å². The summed E-state index contributed by atoms with van der Waals surface area (Å²) in [7, 11) is 4.01. The molecule has 0 saturated heterocycles. The molecule has 0 aliphatic carbocycles. The van der Waals surface area contributed by atoms with Gasteiger partial charge in [-0.2, -0.15) is 0 Å². The molecule has 5 nitrogen and oxygen atoms in total. The molecule has 1 aromatic heterocycles. The van der Waals surface area contributed by atoms with Crippen LogP contribution in [0, 0.1) is 13.8 Å². The fourth-order valence-corrected chi connectivity index (χ4v) is 2.37. The minimum Gasteiger partial charge on any atom is -0.378 e. The summed E-state index contributed by atoms with van der Waals surface area (Å²) in [5, 5.41) is 0. The molecule has 106 valence electrons. The van der Waals surface area contributed by atoms with Crippen molar-refractivity contribution < 1.29 is 4.79 Å². The van der Waals surface area contributed by atoms with Crippen LogP contribution in [0.1, 0.15) is 21.7 Å². The number of amides is 1. The molecule has 0 aliphatic heterocycles. The van der Waals surface area contributed by atoms with Gasteiger partial charge in [-0.1, -0.05) is 0 Å². The number of nitrogens with two attached hydrogens (primary N) is 1. The van der Waals surface area contributed by atoms with Crippen molar-refractivity contribution in [3.8, 4) is 5.69 Å². The van der Waals surface area contributed by atoms with Crippen LogP contribution >= 0.6 is 0 Å². The number of aryl methyl sites for hydroxylation is 1. The Labute approximate surface area is 119 Å². The Hall–Kier alpha value is -2.27. The van der Waals surface area contributed by atoms with E-state index in [-0.39, 0.29) is 5.91 Å². The van der Waals surface area contributed by atoms with E-state index in [1.165, 1.54) is 0 Å². The lowest BCUT2D eigenvalue weighted by molar-refractivity contribution is 0.0953. The fourth-order valence-electron chi connectivity index (χ4n) is 2.37. The summed E-state index contributed by atoms with van der Waals surface area (Å²) in [6.07, 6.45) is 0. The summed E-state index contributed by atoms with van der Waals surface area (Å²) in [6.45, 7) is 3.89.